The number of piperazine rings is 1. The monoisotopic (exact) mass is 435 g/mol. The van der Waals surface area contributed by atoms with E-state index < -0.39 is 20.6 Å². The van der Waals surface area contributed by atoms with E-state index in [1.54, 1.807) is 18.2 Å². The summed E-state index contributed by atoms with van der Waals surface area (Å²) in [5.74, 6) is 0.411. The molecule has 1 fully saturated rings. The Bertz CT molecular complexity index is 1060. The Balaban J connectivity index is 1.79. The lowest BCUT2D eigenvalue weighted by Gasteiger charge is -2.34. The summed E-state index contributed by atoms with van der Waals surface area (Å²) >= 11 is 0. The second-order valence-electron chi connectivity index (χ2n) is 6.46. The van der Waals surface area contributed by atoms with Crippen LogP contribution in [0.3, 0.4) is 0 Å². The van der Waals surface area contributed by atoms with Gasteiger partial charge in [0.25, 0.3) is 11.6 Å². The van der Waals surface area contributed by atoms with Crippen LogP contribution in [0.5, 0.6) is 11.5 Å². The van der Waals surface area contributed by atoms with Crippen LogP contribution >= 0.6 is 0 Å². The van der Waals surface area contributed by atoms with Crippen molar-refractivity contribution in [2.45, 2.75) is 4.90 Å². The van der Waals surface area contributed by atoms with Gasteiger partial charge in [-0.3, -0.25) is 14.9 Å². The highest BCUT2D eigenvalue weighted by atomic mass is 32.2. The molecule has 160 valence electrons. The number of nitrogens with zero attached hydrogens (tertiary/aromatic N) is 3. The number of benzene rings is 2. The number of hydrogen-bond donors (Lipinski definition) is 0. The second-order valence-corrected chi connectivity index (χ2v) is 8.37. The van der Waals surface area contributed by atoms with Gasteiger partial charge < -0.3 is 14.4 Å². The predicted octanol–water partition coefficient (Wildman–Crippen LogP) is 1.76. The van der Waals surface area contributed by atoms with Crippen LogP contribution < -0.4 is 9.47 Å². The van der Waals surface area contributed by atoms with Gasteiger partial charge in [0, 0.05) is 32.2 Å². The average Bonchev–Trinajstić information content (AvgIpc) is 2.77. The Morgan fingerprint density at radius 1 is 1.00 bits per heavy atom. The maximum atomic E-state index is 13.0. The SMILES string of the molecule is COc1cccc(C(=O)N2CCN(S(=O)(=O)c3ccccc3[N+](=O)[O-])CC2)c1OC. The lowest BCUT2D eigenvalue weighted by molar-refractivity contribution is -0.387. The van der Waals surface area contributed by atoms with Crippen LogP contribution in [-0.4, -0.2) is 68.9 Å². The third-order valence-electron chi connectivity index (χ3n) is 4.84. The van der Waals surface area contributed by atoms with Crippen molar-refractivity contribution in [3.8, 4) is 11.5 Å². The van der Waals surface area contributed by atoms with Crippen LogP contribution in [0.1, 0.15) is 10.4 Å². The van der Waals surface area contributed by atoms with Gasteiger partial charge in [0.15, 0.2) is 16.4 Å². The molecule has 1 saturated heterocycles. The second kappa shape index (κ2) is 8.67. The van der Waals surface area contributed by atoms with Crippen LogP contribution in [-0.2, 0) is 10.0 Å². The number of para-hydroxylation sites is 2. The molecular formula is C19H21N3O7S. The van der Waals surface area contributed by atoms with Gasteiger partial charge in [0.2, 0.25) is 10.0 Å². The van der Waals surface area contributed by atoms with Gasteiger partial charge in [-0.1, -0.05) is 18.2 Å². The van der Waals surface area contributed by atoms with Crippen molar-refractivity contribution in [2.75, 3.05) is 40.4 Å². The Morgan fingerprint density at radius 3 is 2.27 bits per heavy atom. The summed E-state index contributed by atoms with van der Waals surface area (Å²) < 4.78 is 37.5. The molecule has 1 amide bonds. The van der Waals surface area contributed by atoms with Crippen molar-refractivity contribution in [1.29, 1.82) is 0 Å². The molecule has 0 saturated carbocycles. The third kappa shape index (κ3) is 3.94. The lowest BCUT2D eigenvalue weighted by atomic mass is 10.1. The minimum absolute atomic E-state index is 0.0202. The molecule has 30 heavy (non-hydrogen) atoms. The number of carbonyl (C=O) groups is 1. The van der Waals surface area contributed by atoms with Crippen molar-refractivity contribution >= 4 is 21.6 Å². The van der Waals surface area contributed by atoms with E-state index in [-0.39, 0.29) is 37.0 Å². The minimum Gasteiger partial charge on any atom is -0.493 e. The molecule has 3 rings (SSSR count). The zero-order valence-corrected chi connectivity index (χ0v) is 17.3. The predicted molar refractivity (Wildman–Crippen MR) is 107 cm³/mol. The Morgan fingerprint density at radius 2 is 1.67 bits per heavy atom. The van der Waals surface area contributed by atoms with E-state index in [0.717, 1.165) is 10.4 Å². The highest BCUT2D eigenvalue weighted by Crippen LogP contribution is 2.32. The van der Waals surface area contributed by atoms with Crippen LogP contribution in [0.4, 0.5) is 5.69 Å². The number of ether oxygens (including phenoxy) is 2. The van der Waals surface area contributed by atoms with Crippen LogP contribution in [0, 0.1) is 10.1 Å². The van der Waals surface area contributed by atoms with E-state index in [0.29, 0.717) is 17.1 Å². The van der Waals surface area contributed by atoms with Crippen molar-refractivity contribution in [3.05, 3.63) is 58.1 Å². The third-order valence-corrected chi connectivity index (χ3v) is 6.79. The minimum atomic E-state index is -4.07. The maximum absolute atomic E-state index is 13.0. The van der Waals surface area contributed by atoms with Gasteiger partial charge in [-0.15, -0.1) is 0 Å². The fourth-order valence-corrected chi connectivity index (χ4v) is 4.90. The normalized spacial score (nSPS) is 14.9. The zero-order chi connectivity index (χ0) is 21.9. The van der Waals surface area contributed by atoms with Crippen LogP contribution in [0.15, 0.2) is 47.4 Å². The van der Waals surface area contributed by atoms with E-state index >= 15 is 0 Å². The molecule has 0 unspecified atom stereocenters. The maximum Gasteiger partial charge on any atom is 0.289 e. The summed E-state index contributed by atoms with van der Waals surface area (Å²) in [5.41, 5.74) is -0.163. The standard InChI is InChI=1S/C19H21N3O7S/c1-28-16-8-5-6-14(18(16)29-2)19(23)20-10-12-21(13-11-20)30(26,27)17-9-4-3-7-15(17)22(24)25/h3-9H,10-13H2,1-2H3. The molecule has 0 aromatic heterocycles. The smallest absolute Gasteiger partial charge is 0.289 e. The van der Waals surface area contributed by atoms with Gasteiger partial charge in [-0.2, -0.15) is 4.31 Å². The molecule has 0 spiro atoms. The number of nitro groups is 1. The molecule has 1 aliphatic rings. The van der Waals surface area contributed by atoms with Crippen LogP contribution in [0.2, 0.25) is 0 Å². The summed E-state index contributed by atoms with van der Waals surface area (Å²) in [6.45, 7) is 0.316. The van der Waals surface area contributed by atoms with Crippen molar-refractivity contribution in [2.24, 2.45) is 0 Å². The molecule has 2 aromatic carbocycles. The molecule has 1 heterocycles. The first-order valence-electron chi connectivity index (χ1n) is 9.05. The van der Waals surface area contributed by atoms with Gasteiger partial charge >= 0.3 is 0 Å². The molecule has 0 N–H and O–H groups in total. The average molecular weight is 435 g/mol. The molecule has 10 nitrogen and oxygen atoms in total. The topological polar surface area (TPSA) is 119 Å². The van der Waals surface area contributed by atoms with Gasteiger partial charge in [0.1, 0.15) is 0 Å². The molecule has 2 aromatic rings. The molecule has 1 aliphatic heterocycles. The number of hydrogen-bond acceptors (Lipinski definition) is 7. The lowest BCUT2D eigenvalue weighted by Crippen LogP contribution is -2.50. The van der Waals surface area contributed by atoms with Gasteiger partial charge in [0.05, 0.1) is 24.7 Å². The van der Waals surface area contributed by atoms with E-state index in [9.17, 15) is 23.3 Å². The number of carbonyl (C=O) groups excluding carboxylic acids is 1. The quantitative estimate of drug-likeness (QED) is 0.501. The van der Waals surface area contributed by atoms with Crippen molar-refractivity contribution in [1.82, 2.24) is 9.21 Å². The fourth-order valence-electron chi connectivity index (χ4n) is 3.32. The summed E-state index contributed by atoms with van der Waals surface area (Å²) in [5, 5.41) is 11.2. The first-order chi connectivity index (χ1) is 14.3. The number of sulfonamides is 1. The molecule has 0 aliphatic carbocycles. The summed E-state index contributed by atoms with van der Waals surface area (Å²) in [7, 11) is -1.16. The van der Waals surface area contributed by atoms with Crippen molar-refractivity contribution in [3.63, 3.8) is 0 Å². The molecular weight excluding hydrogens is 414 g/mol. The summed E-state index contributed by atoms with van der Waals surface area (Å²) in [6, 6.07) is 10.2. The first-order valence-corrected chi connectivity index (χ1v) is 10.5. The van der Waals surface area contributed by atoms with E-state index in [1.807, 2.05) is 0 Å². The first kappa shape index (κ1) is 21.5. The highest BCUT2D eigenvalue weighted by Gasteiger charge is 2.35. The molecule has 0 radical (unpaired) electrons. The van der Waals surface area contributed by atoms with E-state index in [2.05, 4.69) is 0 Å². The molecule has 11 heteroatoms. The Kier molecular flexibility index (Phi) is 6.22. The van der Waals surface area contributed by atoms with Gasteiger partial charge in [-0.05, 0) is 18.2 Å². The van der Waals surface area contributed by atoms with Crippen molar-refractivity contribution < 1.29 is 27.6 Å². The summed E-state index contributed by atoms with van der Waals surface area (Å²) in [4.78, 5) is 24.6. The van der Waals surface area contributed by atoms with Crippen LogP contribution in [0.25, 0.3) is 0 Å². The number of nitro benzene ring substituents is 1. The number of amides is 1. The zero-order valence-electron chi connectivity index (χ0n) is 16.5. The highest BCUT2D eigenvalue weighted by molar-refractivity contribution is 7.89. The van der Waals surface area contributed by atoms with Gasteiger partial charge in [-0.25, -0.2) is 8.42 Å². The molecule has 0 atom stereocenters. The summed E-state index contributed by atoms with van der Waals surface area (Å²) in [6.07, 6.45) is 0. The fraction of sp³-hybridized carbons (Fsp3) is 0.316. The Hall–Kier alpha value is -3.18. The van der Waals surface area contributed by atoms with E-state index in [1.165, 1.54) is 37.3 Å². The van der Waals surface area contributed by atoms with E-state index in [4.69, 9.17) is 9.47 Å². The largest absolute Gasteiger partial charge is 0.493 e. The number of methoxy groups -OCH3 is 2. The Labute approximate surface area is 173 Å². The number of rotatable bonds is 6. The molecule has 0 bridgehead atoms.